The summed E-state index contributed by atoms with van der Waals surface area (Å²) >= 11 is 0. The molecular formula is C23H29N2O4+. The standard InChI is InChI=1S/C23H28N2O4/c1-5-28-20-11-10-17(12-22(20)27-4)14-25(3)15-23(26)24-16(2)21-13-18-8-6-7-9-19(18)29-21/h6-13,16H,5,14-15H2,1-4H3,(H,24,26)/p+1/t16-/m0/s1. The molecule has 0 fully saturated rings. The highest BCUT2D eigenvalue weighted by molar-refractivity contribution is 5.79. The topological polar surface area (TPSA) is 65.1 Å². The molecule has 1 amide bonds. The first-order chi connectivity index (χ1) is 14.0. The zero-order valence-electron chi connectivity index (χ0n) is 17.5. The number of amides is 1. The van der Waals surface area contributed by atoms with Gasteiger partial charge in [-0.1, -0.05) is 18.2 Å². The van der Waals surface area contributed by atoms with Gasteiger partial charge in [-0.2, -0.15) is 0 Å². The smallest absolute Gasteiger partial charge is 0.275 e. The van der Waals surface area contributed by atoms with Crippen LogP contribution in [0.3, 0.4) is 0 Å². The minimum atomic E-state index is -0.187. The van der Waals surface area contributed by atoms with Gasteiger partial charge in [0.15, 0.2) is 18.0 Å². The number of fused-ring (bicyclic) bond motifs is 1. The predicted octanol–water partition coefficient (Wildman–Crippen LogP) is 2.73. The number of furan rings is 1. The summed E-state index contributed by atoms with van der Waals surface area (Å²) in [6.45, 7) is 5.53. The van der Waals surface area contributed by atoms with E-state index >= 15 is 0 Å². The third kappa shape index (κ3) is 5.29. The lowest BCUT2D eigenvalue weighted by atomic mass is 10.2. The molecule has 2 aromatic carbocycles. The fourth-order valence-electron chi connectivity index (χ4n) is 3.36. The zero-order valence-corrected chi connectivity index (χ0v) is 17.5. The van der Waals surface area contributed by atoms with Gasteiger partial charge < -0.3 is 24.1 Å². The molecule has 6 nitrogen and oxygen atoms in total. The summed E-state index contributed by atoms with van der Waals surface area (Å²) in [6, 6.07) is 15.5. The molecule has 0 aliphatic carbocycles. The second-order valence-corrected chi connectivity index (χ2v) is 7.20. The number of hydrogen-bond donors (Lipinski definition) is 2. The summed E-state index contributed by atoms with van der Waals surface area (Å²) in [5.74, 6) is 2.18. The van der Waals surface area contributed by atoms with Crippen molar-refractivity contribution < 1.29 is 23.6 Å². The maximum atomic E-state index is 12.5. The van der Waals surface area contributed by atoms with Crippen molar-refractivity contribution >= 4 is 16.9 Å². The van der Waals surface area contributed by atoms with Crippen LogP contribution in [-0.4, -0.2) is 33.2 Å². The van der Waals surface area contributed by atoms with Gasteiger partial charge in [0.25, 0.3) is 5.91 Å². The minimum Gasteiger partial charge on any atom is -0.493 e. The van der Waals surface area contributed by atoms with Crippen LogP contribution in [0.5, 0.6) is 11.5 Å². The van der Waals surface area contributed by atoms with Crippen molar-refractivity contribution in [2.75, 3.05) is 27.3 Å². The van der Waals surface area contributed by atoms with Crippen LogP contribution < -0.4 is 19.7 Å². The van der Waals surface area contributed by atoms with Crippen molar-refractivity contribution in [1.29, 1.82) is 0 Å². The average molecular weight is 397 g/mol. The molecule has 0 spiro atoms. The second-order valence-electron chi connectivity index (χ2n) is 7.20. The first-order valence-corrected chi connectivity index (χ1v) is 9.89. The average Bonchev–Trinajstić information content (AvgIpc) is 3.13. The molecular weight excluding hydrogens is 368 g/mol. The molecule has 2 atom stereocenters. The number of quaternary nitrogens is 1. The van der Waals surface area contributed by atoms with E-state index in [0.717, 1.165) is 32.9 Å². The van der Waals surface area contributed by atoms with Gasteiger partial charge in [-0.05, 0) is 44.2 Å². The lowest BCUT2D eigenvalue weighted by Gasteiger charge is -2.17. The van der Waals surface area contributed by atoms with E-state index in [2.05, 4.69) is 5.32 Å². The van der Waals surface area contributed by atoms with Gasteiger partial charge >= 0.3 is 0 Å². The Balaban J connectivity index is 1.56. The van der Waals surface area contributed by atoms with Crippen molar-refractivity contribution in [1.82, 2.24) is 5.32 Å². The van der Waals surface area contributed by atoms with Crippen LogP contribution in [0, 0.1) is 0 Å². The number of methoxy groups -OCH3 is 1. The number of nitrogens with one attached hydrogen (secondary N) is 2. The monoisotopic (exact) mass is 397 g/mol. The Hall–Kier alpha value is -2.99. The highest BCUT2D eigenvalue weighted by Gasteiger charge is 2.17. The normalized spacial score (nSPS) is 13.1. The number of ether oxygens (including phenoxy) is 2. The van der Waals surface area contributed by atoms with E-state index in [4.69, 9.17) is 13.9 Å². The molecule has 154 valence electrons. The molecule has 0 saturated heterocycles. The van der Waals surface area contributed by atoms with E-state index in [0.29, 0.717) is 25.4 Å². The Morgan fingerprint density at radius 1 is 1.17 bits per heavy atom. The molecule has 0 aliphatic heterocycles. The third-order valence-corrected chi connectivity index (χ3v) is 4.74. The van der Waals surface area contributed by atoms with Gasteiger partial charge in [0.05, 0.1) is 26.8 Å². The molecule has 1 unspecified atom stereocenters. The molecule has 0 aliphatic rings. The van der Waals surface area contributed by atoms with Gasteiger partial charge in [0, 0.05) is 10.9 Å². The summed E-state index contributed by atoms with van der Waals surface area (Å²) < 4.78 is 16.8. The van der Waals surface area contributed by atoms with Crippen LogP contribution in [-0.2, 0) is 11.3 Å². The summed E-state index contributed by atoms with van der Waals surface area (Å²) in [7, 11) is 3.62. The molecule has 0 saturated carbocycles. The maximum absolute atomic E-state index is 12.5. The second kappa shape index (κ2) is 9.47. The number of para-hydroxylation sites is 1. The van der Waals surface area contributed by atoms with Crippen molar-refractivity contribution in [2.24, 2.45) is 0 Å². The van der Waals surface area contributed by atoms with Crippen LogP contribution in [0.15, 0.2) is 52.9 Å². The molecule has 6 heteroatoms. The zero-order chi connectivity index (χ0) is 20.8. The van der Waals surface area contributed by atoms with Gasteiger partial charge in [0.1, 0.15) is 17.9 Å². The van der Waals surface area contributed by atoms with Gasteiger partial charge in [-0.25, -0.2) is 0 Å². The van der Waals surface area contributed by atoms with E-state index in [-0.39, 0.29) is 11.9 Å². The lowest BCUT2D eigenvalue weighted by molar-refractivity contribution is -0.885. The summed E-state index contributed by atoms with van der Waals surface area (Å²) in [4.78, 5) is 13.6. The van der Waals surface area contributed by atoms with E-state index in [1.54, 1.807) is 7.11 Å². The Labute approximate surface area is 171 Å². The Bertz CT molecular complexity index is 933. The van der Waals surface area contributed by atoms with Crippen molar-refractivity contribution in [3.63, 3.8) is 0 Å². The Kier molecular flexibility index (Phi) is 6.77. The van der Waals surface area contributed by atoms with Crippen LogP contribution in [0.2, 0.25) is 0 Å². The maximum Gasteiger partial charge on any atom is 0.275 e. The van der Waals surface area contributed by atoms with Crippen molar-refractivity contribution in [3.8, 4) is 11.5 Å². The van der Waals surface area contributed by atoms with E-state index < -0.39 is 0 Å². The first kappa shape index (κ1) is 20.7. The Morgan fingerprint density at radius 2 is 1.97 bits per heavy atom. The molecule has 1 aromatic heterocycles. The minimum absolute atomic E-state index is 0.0200. The van der Waals surface area contributed by atoms with Gasteiger partial charge in [-0.3, -0.25) is 4.79 Å². The Morgan fingerprint density at radius 3 is 2.69 bits per heavy atom. The number of hydrogen-bond acceptors (Lipinski definition) is 4. The molecule has 3 aromatic rings. The molecule has 0 bridgehead atoms. The fourth-order valence-corrected chi connectivity index (χ4v) is 3.36. The fraction of sp³-hybridized carbons (Fsp3) is 0.348. The number of carbonyl (C=O) groups is 1. The van der Waals surface area contributed by atoms with Gasteiger partial charge in [-0.15, -0.1) is 0 Å². The predicted molar refractivity (Wildman–Crippen MR) is 112 cm³/mol. The lowest BCUT2D eigenvalue weighted by Crippen LogP contribution is -3.08. The molecule has 1 heterocycles. The van der Waals surface area contributed by atoms with Gasteiger partial charge in [0.2, 0.25) is 0 Å². The number of carbonyl (C=O) groups excluding carboxylic acids is 1. The van der Waals surface area contributed by atoms with Crippen LogP contribution in [0.1, 0.15) is 31.2 Å². The van der Waals surface area contributed by atoms with E-state index in [1.807, 2.05) is 69.4 Å². The van der Waals surface area contributed by atoms with Crippen LogP contribution in [0.25, 0.3) is 11.0 Å². The highest BCUT2D eigenvalue weighted by atomic mass is 16.5. The summed E-state index contributed by atoms with van der Waals surface area (Å²) in [5, 5.41) is 4.06. The van der Waals surface area contributed by atoms with E-state index in [1.165, 1.54) is 0 Å². The third-order valence-electron chi connectivity index (χ3n) is 4.74. The highest BCUT2D eigenvalue weighted by Crippen LogP contribution is 2.27. The molecule has 29 heavy (non-hydrogen) atoms. The summed E-state index contributed by atoms with van der Waals surface area (Å²) in [6.07, 6.45) is 0. The quantitative estimate of drug-likeness (QED) is 0.583. The first-order valence-electron chi connectivity index (χ1n) is 9.89. The van der Waals surface area contributed by atoms with Crippen molar-refractivity contribution in [3.05, 3.63) is 59.9 Å². The van der Waals surface area contributed by atoms with Crippen LogP contribution in [0.4, 0.5) is 0 Å². The molecule has 0 radical (unpaired) electrons. The molecule has 3 rings (SSSR count). The summed E-state index contributed by atoms with van der Waals surface area (Å²) in [5.41, 5.74) is 1.91. The molecule has 2 N–H and O–H groups in total. The van der Waals surface area contributed by atoms with Crippen LogP contribution >= 0.6 is 0 Å². The largest absolute Gasteiger partial charge is 0.493 e. The number of rotatable bonds is 9. The SMILES string of the molecule is CCOc1ccc(C[NH+](C)CC(=O)N[C@@H](C)c2cc3ccccc3o2)cc1OC. The van der Waals surface area contributed by atoms with E-state index in [9.17, 15) is 4.79 Å². The number of benzene rings is 2. The van der Waals surface area contributed by atoms with Crippen molar-refractivity contribution in [2.45, 2.75) is 26.4 Å². The number of likely N-dealkylation sites (N-methyl/N-ethyl adjacent to an activating group) is 1.